The van der Waals surface area contributed by atoms with Gasteiger partial charge < -0.3 is 18.9 Å². The molecule has 158 valence electrons. The third-order valence-corrected chi connectivity index (χ3v) is 5.27. The summed E-state index contributed by atoms with van der Waals surface area (Å²) < 4.78 is 16.2. The molecule has 1 aliphatic heterocycles. The molecular weight excluding hydrogens is 384 g/mol. The molecule has 2 aromatic heterocycles. The maximum atomic E-state index is 5.50. The molecule has 1 atom stereocenters. The number of anilines is 1. The van der Waals surface area contributed by atoms with Crippen molar-refractivity contribution >= 4 is 5.82 Å². The summed E-state index contributed by atoms with van der Waals surface area (Å²) in [6.45, 7) is 2.44. The molecule has 0 spiro atoms. The van der Waals surface area contributed by atoms with Crippen LogP contribution in [-0.4, -0.2) is 65.6 Å². The lowest BCUT2D eigenvalue weighted by Crippen LogP contribution is -2.39. The molecule has 9 heteroatoms. The number of rotatable bonds is 8. The highest BCUT2D eigenvalue weighted by Gasteiger charge is 2.27. The zero-order valence-corrected chi connectivity index (χ0v) is 17.5. The molecule has 9 nitrogen and oxygen atoms in total. The van der Waals surface area contributed by atoms with Crippen molar-refractivity contribution in [3.8, 4) is 22.9 Å². The summed E-state index contributed by atoms with van der Waals surface area (Å²) in [5.74, 6) is 3.35. The van der Waals surface area contributed by atoms with Crippen LogP contribution in [-0.2, 0) is 6.54 Å². The molecule has 4 rings (SSSR count). The predicted octanol–water partition coefficient (Wildman–Crippen LogP) is 2.64. The second-order valence-corrected chi connectivity index (χ2v) is 7.35. The highest BCUT2D eigenvalue weighted by Crippen LogP contribution is 2.31. The summed E-state index contributed by atoms with van der Waals surface area (Å²) in [7, 11) is 5.29. The Labute approximate surface area is 175 Å². The topological polar surface area (TPSA) is 89.6 Å². The third kappa shape index (κ3) is 4.35. The van der Waals surface area contributed by atoms with Gasteiger partial charge >= 0.3 is 0 Å². The minimum atomic E-state index is 0.385. The van der Waals surface area contributed by atoms with Gasteiger partial charge in [-0.25, -0.2) is 0 Å². The minimum Gasteiger partial charge on any atom is -0.497 e. The van der Waals surface area contributed by atoms with E-state index < -0.39 is 0 Å². The Morgan fingerprint density at radius 1 is 1.23 bits per heavy atom. The van der Waals surface area contributed by atoms with E-state index in [9.17, 15) is 0 Å². The molecule has 1 aromatic carbocycles. The molecule has 0 saturated carbocycles. The predicted molar refractivity (Wildman–Crippen MR) is 112 cm³/mol. The van der Waals surface area contributed by atoms with Crippen LogP contribution < -0.4 is 14.4 Å². The molecular formula is C21H26N6O3. The summed E-state index contributed by atoms with van der Waals surface area (Å²) in [6.07, 6.45) is 3.97. The Bertz CT molecular complexity index is 964. The maximum absolute atomic E-state index is 5.50. The molecule has 1 aliphatic rings. The van der Waals surface area contributed by atoms with Crippen LogP contribution in [0.5, 0.6) is 11.5 Å². The largest absolute Gasteiger partial charge is 0.497 e. The summed E-state index contributed by atoms with van der Waals surface area (Å²) in [5.41, 5.74) is 0.764. The van der Waals surface area contributed by atoms with Gasteiger partial charge in [0, 0.05) is 31.4 Å². The van der Waals surface area contributed by atoms with Crippen LogP contribution in [0, 0.1) is 0 Å². The van der Waals surface area contributed by atoms with Crippen LogP contribution in [0.3, 0.4) is 0 Å². The molecule has 3 heterocycles. The van der Waals surface area contributed by atoms with Crippen molar-refractivity contribution < 1.29 is 14.0 Å². The van der Waals surface area contributed by atoms with Gasteiger partial charge in [0.1, 0.15) is 11.5 Å². The van der Waals surface area contributed by atoms with Crippen molar-refractivity contribution in [1.82, 2.24) is 25.2 Å². The van der Waals surface area contributed by atoms with E-state index in [-0.39, 0.29) is 0 Å². The smallest absolute Gasteiger partial charge is 0.241 e. The average Bonchev–Trinajstić information content (AvgIpc) is 3.43. The Kier molecular flexibility index (Phi) is 6.08. The quantitative estimate of drug-likeness (QED) is 0.556. The molecule has 0 bridgehead atoms. The van der Waals surface area contributed by atoms with Gasteiger partial charge in [0.25, 0.3) is 0 Å². The molecule has 0 radical (unpaired) electrons. The van der Waals surface area contributed by atoms with E-state index in [0.29, 0.717) is 35.8 Å². The number of ether oxygens (including phenoxy) is 2. The van der Waals surface area contributed by atoms with E-state index in [0.717, 1.165) is 37.3 Å². The first-order chi connectivity index (χ1) is 14.7. The highest BCUT2D eigenvalue weighted by molar-refractivity contribution is 5.65. The molecule has 0 aliphatic carbocycles. The van der Waals surface area contributed by atoms with Crippen LogP contribution in [0.2, 0.25) is 0 Å². The number of likely N-dealkylation sites (N-methyl/N-ethyl adjacent to an activating group) is 1. The van der Waals surface area contributed by atoms with E-state index in [2.05, 4.69) is 37.2 Å². The second-order valence-electron chi connectivity index (χ2n) is 7.35. The van der Waals surface area contributed by atoms with Gasteiger partial charge in [-0.2, -0.15) is 10.1 Å². The molecule has 30 heavy (non-hydrogen) atoms. The van der Waals surface area contributed by atoms with Gasteiger partial charge in [0.2, 0.25) is 11.7 Å². The third-order valence-electron chi connectivity index (χ3n) is 5.27. The van der Waals surface area contributed by atoms with Gasteiger partial charge in [-0.3, -0.25) is 4.90 Å². The van der Waals surface area contributed by atoms with Crippen molar-refractivity contribution in [3.63, 3.8) is 0 Å². The summed E-state index contributed by atoms with van der Waals surface area (Å²) in [5, 5.41) is 12.4. The van der Waals surface area contributed by atoms with Crippen LogP contribution >= 0.6 is 0 Å². The molecule has 0 amide bonds. The number of hydrogen-bond acceptors (Lipinski definition) is 9. The van der Waals surface area contributed by atoms with Crippen LogP contribution in [0.15, 0.2) is 41.1 Å². The number of hydrogen-bond donors (Lipinski definition) is 0. The average molecular weight is 410 g/mol. The van der Waals surface area contributed by atoms with E-state index in [1.165, 1.54) is 0 Å². The van der Waals surface area contributed by atoms with Crippen LogP contribution in [0.4, 0.5) is 5.82 Å². The molecule has 1 unspecified atom stereocenters. The summed E-state index contributed by atoms with van der Waals surface area (Å²) >= 11 is 0. The van der Waals surface area contributed by atoms with E-state index in [4.69, 9.17) is 14.0 Å². The molecule has 1 saturated heterocycles. The lowest BCUT2D eigenvalue weighted by atomic mass is 10.2. The van der Waals surface area contributed by atoms with E-state index in [1.807, 2.05) is 24.3 Å². The highest BCUT2D eigenvalue weighted by atomic mass is 16.5. The van der Waals surface area contributed by atoms with Gasteiger partial charge in [-0.1, -0.05) is 5.16 Å². The van der Waals surface area contributed by atoms with Crippen molar-refractivity contribution in [2.75, 3.05) is 39.3 Å². The molecule has 1 fully saturated rings. The Balaban J connectivity index is 1.41. The fraction of sp³-hybridized carbons (Fsp3) is 0.429. The van der Waals surface area contributed by atoms with Gasteiger partial charge in [-0.15, -0.1) is 5.10 Å². The summed E-state index contributed by atoms with van der Waals surface area (Å²) in [4.78, 5) is 9.08. The standard InChI is InChI=1S/C21H26N6O3/c1-26(13-15-6-5-11-27(15)19-7-4-10-22-24-19)14-20-23-21(25-30-20)17-9-8-16(28-2)12-18(17)29-3/h4,7-10,12,15H,5-6,11,13-14H2,1-3H3. The van der Waals surface area contributed by atoms with Gasteiger partial charge in [0.15, 0.2) is 5.82 Å². The zero-order chi connectivity index (χ0) is 20.9. The fourth-order valence-corrected chi connectivity index (χ4v) is 3.84. The number of benzene rings is 1. The lowest BCUT2D eigenvalue weighted by Gasteiger charge is -2.28. The Morgan fingerprint density at radius 2 is 2.13 bits per heavy atom. The van der Waals surface area contributed by atoms with Crippen LogP contribution in [0.25, 0.3) is 11.4 Å². The lowest BCUT2D eigenvalue weighted by molar-refractivity contribution is 0.254. The maximum Gasteiger partial charge on any atom is 0.241 e. The molecule has 0 N–H and O–H groups in total. The fourth-order valence-electron chi connectivity index (χ4n) is 3.84. The van der Waals surface area contributed by atoms with Crippen molar-refractivity contribution in [2.24, 2.45) is 0 Å². The van der Waals surface area contributed by atoms with Crippen molar-refractivity contribution in [1.29, 1.82) is 0 Å². The zero-order valence-electron chi connectivity index (χ0n) is 17.5. The van der Waals surface area contributed by atoms with Crippen LogP contribution in [0.1, 0.15) is 18.7 Å². The second kappa shape index (κ2) is 9.08. The number of nitrogens with zero attached hydrogens (tertiary/aromatic N) is 6. The first-order valence-corrected chi connectivity index (χ1v) is 9.96. The minimum absolute atomic E-state index is 0.385. The van der Waals surface area contributed by atoms with Crippen molar-refractivity contribution in [3.05, 3.63) is 42.4 Å². The molecule has 3 aromatic rings. The Morgan fingerprint density at radius 3 is 2.90 bits per heavy atom. The van der Waals surface area contributed by atoms with E-state index >= 15 is 0 Å². The first kappa shape index (κ1) is 20.1. The van der Waals surface area contributed by atoms with Crippen molar-refractivity contribution in [2.45, 2.75) is 25.4 Å². The normalized spacial score (nSPS) is 16.3. The SMILES string of the molecule is COc1ccc(-c2noc(CN(C)CC3CCCN3c3cccnn3)n2)c(OC)c1. The number of methoxy groups -OCH3 is 2. The van der Waals surface area contributed by atoms with Gasteiger partial charge in [-0.05, 0) is 44.2 Å². The number of aromatic nitrogens is 4. The first-order valence-electron chi connectivity index (χ1n) is 9.96. The summed E-state index contributed by atoms with van der Waals surface area (Å²) in [6, 6.07) is 9.84. The monoisotopic (exact) mass is 410 g/mol. The van der Waals surface area contributed by atoms with E-state index in [1.54, 1.807) is 26.5 Å². The Hall–Kier alpha value is -3.20. The van der Waals surface area contributed by atoms with Gasteiger partial charge in [0.05, 0.1) is 26.3 Å².